The summed E-state index contributed by atoms with van der Waals surface area (Å²) in [6.07, 6.45) is 0. The van der Waals surface area contributed by atoms with E-state index in [4.69, 9.17) is 9.97 Å². The molecule has 0 saturated carbocycles. The predicted molar refractivity (Wildman–Crippen MR) is 227 cm³/mol. The summed E-state index contributed by atoms with van der Waals surface area (Å²) in [5.41, 5.74) is 13.6. The number of rotatable bonds is 6. The smallest absolute Gasteiger partial charge is 0.138 e. The van der Waals surface area contributed by atoms with Gasteiger partial charge < -0.3 is 9.97 Å². The second-order valence-electron chi connectivity index (χ2n) is 15.7. The van der Waals surface area contributed by atoms with Gasteiger partial charge in [0, 0.05) is 33.4 Å². The summed E-state index contributed by atoms with van der Waals surface area (Å²) in [6.45, 7) is 13.4. The van der Waals surface area contributed by atoms with Crippen molar-refractivity contribution in [2.24, 2.45) is 0 Å². The minimum atomic E-state index is 0.0448. The van der Waals surface area contributed by atoms with Gasteiger partial charge in [-0.25, -0.2) is 9.97 Å². The molecule has 0 bridgehead atoms. The summed E-state index contributed by atoms with van der Waals surface area (Å²) in [5.74, 6) is 1.83. The molecule has 2 heterocycles. The fourth-order valence-electron chi connectivity index (χ4n) is 6.93. The number of benzene rings is 6. The van der Waals surface area contributed by atoms with Crippen LogP contribution in [0.3, 0.4) is 0 Å². The maximum absolute atomic E-state index is 5.05. The van der Waals surface area contributed by atoms with E-state index >= 15 is 0 Å². The highest BCUT2D eigenvalue weighted by Crippen LogP contribution is 2.38. The molecule has 8 rings (SSSR count). The van der Waals surface area contributed by atoms with E-state index in [9.17, 15) is 0 Å². The van der Waals surface area contributed by atoms with Crippen LogP contribution in [0.1, 0.15) is 52.7 Å². The number of aromatic amines is 2. The zero-order valence-electron chi connectivity index (χ0n) is 32.1. The third kappa shape index (κ3) is 7.89. The maximum Gasteiger partial charge on any atom is 0.138 e. The van der Waals surface area contributed by atoms with Crippen molar-refractivity contribution in [2.75, 3.05) is 0 Å². The monoisotopic (exact) mass is 704 g/mol. The van der Waals surface area contributed by atoms with E-state index in [1.54, 1.807) is 0 Å². The van der Waals surface area contributed by atoms with Crippen molar-refractivity contribution >= 4 is 0 Å². The quantitative estimate of drug-likeness (QED) is 0.181. The number of hydrogen-bond acceptors (Lipinski definition) is 2. The summed E-state index contributed by atoms with van der Waals surface area (Å²) in [5, 5.41) is 0. The number of nitrogens with one attached hydrogen (secondary N) is 2. The molecular weight excluding hydrogens is 657 g/mol. The van der Waals surface area contributed by atoms with Crippen LogP contribution in [0.25, 0.3) is 67.8 Å². The van der Waals surface area contributed by atoms with E-state index in [0.717, 1.165) is 67.8 Å². The number of H-pyrrole nitrogens is 2. The lowest BCUT2D eigenvalue weighted by Crippen LogP contribution is -2.12. The number of nitrogens with zero attached hydrogens (tertiary/aromatic N) is 2. The van der Waals surface area contributed by atoms with Crippen LogP contribution < -0.4 is 0 Å². The van der Waals surface area contributed by atoms with Crippen LogP contribution in [0.4, 0.5) is 0 Å². The Morgan fingerprint density at radius 2 is 0.611 bits per heavy atom. The van der Waals surface area contributed by atoms with Gasteiger partial charge >= 0.3 is 0 Å². The molecule has 54 heavy (non-hydrogen) atoms. The van der Waals surface area contributed by atoms with Gasteiger partial charge in [-0.05, 0) is 22.0 Å². The van der Waals surface area contributed by atoms with Crippen molar-refractivity contribution < 1.29 is 0 Å². The number of imidazole rings is 2. The third-order valence-corrected chi connectivity index (χ3v) is 9.61. The van der Waals surface area contributed by atoms with Crippen molar-refractivity contribution in [2.45, 2.75) is 52.4 Å². The Morgan fingerprint density at radius 1 is 0.333 bits per heavy atom. The lowest BCUT2D eigenvalue weighted by molar-refractivity contribution is 0.591. The first-order chi connectivity index (χ1) is 26.1. The number of hydrogen-bond donors (Lipinski definition) is 2. The first kappa shape index (κ1) is 36.1. The van der Waals surface area contributed by atoms with Crippen molar-refractivity contribution in [1.29, 1.82) is 0 Å². The minimum Gasteiger partial charge on any atom is -0.337 e. The van der Waals surface area contributed by atoms with Crippen molar-refractivity contribution in [3.8, 4) is 67.8 Å². The molecule has 0 spiro atoms. The molecule has 0 radical (unpaired) electrons. The van der Waals surface area contributed by atoms with Gasteiger partial charge in [-0.1, -0.05) is 211 Å². The highest BCUT2D eigenvalue weighted by molar-refractivity contribution is 5.83. The van der Waals surface area contributed by atoms with Crippen LogP contribution in [0.15, 0.2) is 170 Å². The lowest BCUT2D eigenvalue weighted by Gasteiger charge is -2.22. The van der Waals surface area contributed by atoms with E-state index in [-0.39, 0.29) is 10.8 Å². The Labute approximate surface area is 320 Å². The molecule has 4 nitrogen and oxygen atoms in total. The normalized spacial score (nSPS) is 11.5. The van der Waals surface area contributed by atoms with Gasteiger partial charge in [0.05, 0.1) is 22.8 Å². The van der Waals surface area contributed by atoms with Crippen LogP contribution in [-0.2, 0) is 10.8 Å². The van der Waals surface area contributed by atoms with Crippen molar-refractivity contribution in [1.82, 2.24) is 19.9 Å². The van der Waals surface area contributed by atoms with Crippen LogP contribution in [-0.4, -0.2) is 19.9 Å². The standard InChI is InChI=1S/2C25H24N2/c2*1-25(2,3)21-17-11-10-16-20(21)24-26-22(18-12-6-4-7-13-18)23(27-24)19-14-8-5-9-15-19/h2*4-17H,1-3H3,(H,26,27). The molecule has 268 valence electrons. The molecule has 0 atom stereocenters. The third-order valence-electron chi connectivity index (χ3n) is 9.61. The molecule has 0 aliphatic heterocycles. The molecule has 0 aliphatic rings. The summed E-state index contributed by atoms with van der Waals surface area (Å²) < 4.78 is 0. The molecular formula is C50H48N4. The number of aromatic nitrogens is 4. The van der Waals surface area contributed by atoms with E-state index in [2.05, 4.69) is 197 Å². The van der Waals surface area contributed by atoms with Gasteiger partial charge in [0.1, 0.15) is 11.6 Å². The van der Waals surface area contributed by atoms with E-state index in [1.807, 2.05) is 24.3 Å². The first-order valence-corrected chi connectivity index (χ1v) is 18.7. The van der Waals surface area contributed by atoms with Gasteiger partial charge in [-0.3, -0.25) is 0 Å². The molecule has 4 heteroatoms. The first-order valence-electron chi connectivity index (χ1n) is 18.7. The summed E-state index contributed by atoms with van der Waals surface area (Å²) in [7, 11) is 0. The SMILES string of the molecule is CC(C)(C)c1ccccc1-c1nc(-c2ccccc2)c(-c2ccccc2)[nH]1.CC(C)(C)c1ccccc1-c1nc(-c2ccccc2)c(-c2ccccc2)[nH]1. The molecule has 2 N–H and O–H groups in total. The molecule has 0 aliphatic carbocycles. The molecule has 2 aromatic heterocycles. The van der Waals surface area contributed by atoms with Crippen LogP contribution in [0.5, 0.6) is 0 Å². The Kier molecular flexibility index (Phi) is 10.3. The molecule has 0 unspecified atom stereocenters. The summed E-state index contributed by atoms with van der Waals surface area (Å²) in [6, 6.07) is 58.6. The average Bonchev–Trinajstić information content (AvgIpc) is 3.85. The molecule has 8 aromatic rings. The Balaban J connectivity index is 0.000000167. The second kappa shape index (κ2) is 15.4. The van der Waals surface area contributed by atoms with Crippen LogP contribution >= 0.6 is 0 Å². The zero-order chi connectivity index (χ0) is 37.7. The molecule has 0 amide bonds. The Morgan fingerprint density at radius 3 is 0.926 bits per heavy atom. The Hall–Kier alpha value is -6.26. The zero-order valence-corrected chi connectivity index (χ0v) is 32.1. The van der Waals surface area contributed by atoms with Gasteiger partial charge in [-0.2, -0.15) is 0 Å². The lowest BCUT2D eigenvalue weighted by atomic mass is 9.83. The maximum atomic E-state index is 5.05. The van der Waals surface area contributed by atoms with E-state index in [1.165, 1.54) is 11.1 Å². The van der Waals surface area contributed by atoms with Crippen LogP contribution in [0.2, 0.25) is 0 Å². The largest absolute Gasteiger partial charge is 0.337 e. The van der Waals surface area contributed by atoms with E-state index in [0.29, 0.717) is 0 Å². The molecule has 6 aromatic carbocycles. The minimum absolute atomic E-state index is 0.0448. The van der Waals surface area contributed by atoms with E-state index < -0.39 is 0 Å². The van der Waals surface area contributed by atoms with Gasteiger partial charge in [0.2, 0.25) is 0 Å². The predicted octanol–water partition coefficient (Wildman–Crippen LogP) is 13.4. The molecule has 0 saturated heterocycles. The summed E-state index contributed by atoms with van der Waals surface area (Å²) in [4.78, 5) is 17.3. The van der Waals surface area contributed by atoms with Gasteiger partial charge in [0.25, 0.3) is 0 Å². The van der Waals surface area contributed by atoms with Crippen LogP contribution in [0, 0.1) is 0 Å². The van der Waals surface area contributed by atoms with Gasteiger partial charge in [-0.15, -0.1) is 0 Å². The highest BCUT2D eigenvalue weighted by atomic mass is 14.9. The highest BCUT2D eigenvalue weighted by Gasteiger charge is 2.23. The van der Waals surface area contributed by atoms with Crippen molar-refractivity contribution in [3.63, 3.8) is 0 Å². The second-order valence-corrected chi connectivity index (χ2v) is 15.7. The van der Waals surface area contributed by atoms with Crippen molar-refractivity contribution in [3.05, 3.63) is 181 Å². The average molecular weight is 705 g/mol. The Bertz CT molecular complexity index is 2140. The summed E-state index contributed by atoms with van der Waals surface area (Å²) >= 11 is 0. The molecule has 0 fully saturated rings. The fourth-order valence-corrected chi connectivity index (χ4v) is 6.93. The fraction of sp³-hybridized carbons (Fsp3) is 0.160. The topological polar surface area (TPSA) is 57.4 Å². The van der Waals surface area contributed by atoms with Gasteiger partial charge in [0.15, 0.2) is 0 Å².